The van der Waals surface area contributed by atoms with Crippen molar-refractivity contribution < 1.29 is 17.9 Å². The number of benzene rings is 1. The van der Waals surface area contributed by atoms with Crippen LogP contribution in [0.1, 0.15) is 37.8 Å². The van der Waals surface area contributed by atoms with E-state index in [-0.39, 0.29) is 16.7 Å². The molecule has 1 amide bonds. The van der Waals surface area contributed by atoms with Crippen molar-refractivity contribution in [3.05, 3.63) is 23.3 Å². The van der Waals surface area contributed by atoms with Crippen LogP contribution in [0.15, 0.2) is 17.0 Å². The maximum absolute atomic E-state index is 12.8. The van der Waals surface area contributed by atoms with Gasteiger partial charge in [0.05, 0.1) is 4.90 Å². The second kappa shape index (κ2) is 8.29. The molecule has 7 heteroatoms. The summed E-state index contributed by atoms with van der Waals surface area (Å²) in [6.45, 7) is 9.39. The second-order valence-corrected chi connectivity index (χ2v) is 8.32. The van der Waals surface area contributed by atoms with Gasteiger partial charge in [-0.25, -0.2) is 8.42 Å². The fraction of sp³-hybridized carbons (Fsp3) is 0.611. The van der Waals surface area contributed by atoms with Crippen LogP contribution in [0.3, 0.4) is 0 Å². The monoisotopic (exact) mass is 368 g/mol. The highest BCUT2D eigenvalue weighted by Crippen LogP contribution is 2.27. The molecule has 0 radical (unpaired) electrons. The second-order valence-electron chi connectivity index (χ2n) is 6.38. The highest BCUT2D eigenvalue weighted by Gasteiger charge is 2.25. The molecule has 2 rings (SSSR count). The molecule has 1 fully saturated rings. The highest BCUT2D eigenvalue weighted by molar-refractivity contribution is 7.89. The first kappa shape index (κ1) is 19.9. The van der Waals surface area contributed by atoms with Crippen molar-refractivity contribution in [3.63, 3.8) is 0 Å². The van der Waals surface area contributed by atoms with Crippen molar-refractivity contribution in [2.45, 2.75) is 45.4 Å². The number of ether oxygens (including phenoxy) is 1. The summed E-state index contributed by atoms with van der Waals surface area (Å²) in [5, 5.41) is 2.93. The molecule has 1 aromatic rings. The first-order valence-corrected chi connectivity index (χ1v) is 10.2. The number of nitrogens with zero attached hydrogens (tertiary/aromatic N) is 1. The first-order chi connectivity index (χ1) is 11.8. The van der Waals surface area contributed by atoms with E-state index in [1.807, 2.05) is 27.7 Å². The molecule has 0 aromatic heterocycles. The summed E-state index contributed by atoms with van der Waals surface area (Å²) in [6.07, 6.45) is 1.39. The highest BCUT2D eigenvalue weighted by atomic mass is 32.2. The number of anilines is 1. The summed E-state index contributed by atoms with van der Waals surface area (Å²) >= 11 is 0. The Balaban J connectivity index is 2.33. The number of aryl methyl sites for hydroxylation is 1. The Hall–Kier alpha value is -1.44. The van der Waals surface area contributed by atoms with Crippen LogP contribution in [0.5, 0.6) is 0 Å². The molecule has 0 bridgehead atoms. The lowest BCUT2D eigenvalue weighted by atomic mass is 9.99. The van der Waals surface area contributed by atoms with E-state index in [1.54, 1.807) is 12.1 Å². The number of carbonyl (C=O) groups is 1. The lowest BCUT2D eigenvalue weighted by Crippen LogP contribution is -2.31. The third-order valence-corrected chi connectivity index (χ3v) is 6.86. The van der Waals surface area contributed by atoms with Crippen LogP contribution in [0.4, 0.5) is 5.69 Å². The van der Waals surface area contributed by atoms with Crippen molar-refractivity contribution in [2.75, 3.05) is 31.6 Å². The molecule has 1 aliphatic rings. The fourth-order valence-corrected chi connectivity index (χ4v) is 4.58. The van der Waals surface area contributed by atoms with Gasteiger partial charge in [0.1, 0.15) is 0 Å². The van der Waals surface area contributed by atoms with E-state index < -0.39 is 10.0 Å². The summed E-state index contributed by atoms with van der Waals surface area (Å²) in [7, 11) is -3.56. The SMILES string of the molecule is CCN(CC)S(=O)(=O)c1cc(C)c(C)c(NC(=O)C2CCOCC2)c1. The van der Waals surface area contributed by atoms with Crippen molar-refractivity contribution in [1.29, 1.82) is 0 Å². The molecule has 6 nitrogen and oxygen atoms in total. The minimum Gasteiger partial charge on any atom is -0.381 e. The molecule has 0 unspecified atom stereocenters. The Bertz CT molecular complexity index is 721. The van der Waals surface area contributed by atoms with Gasteiger partial charge < -0.3 is 10.1 Å². The molecular formula is C18H28N2O4S. The zero-order chi connectivity index (χ0) is 18.6. The lowest BCUT2D eigenvalue weighted by Gasteiger charge is -2.23. The molecule has 0 atom stereocenters. The predicted molar refractivity (Wildman–Crippen MR) is 98.2 cm³/mol. The van der Waals surface area contributed by atoms with Gasteiger partial charge in [-0.05, 0) is 49.9 Å². The molecule has 25 heavy (non-hydrogen) atoms. The molecule has 1 saturated heterocycles. The van der Waals surface area contributed by atoms with Gasteiger partial charge in [0.15, 0.2) is 0 Å². The molecule has 0 spiro atoms. The Kier molecular flexibility index (Phi) is 6.59. The van der Waals surface area contributed by atoms with Crippen LogP contribution in [-0.4, -0.2) is 44.9 Å². The van der Waals surface area contributed by atoms with E-state index in [0.29, 0.717) is 44.8 Å². The van der Waals surface area contributed by atoms with Crippen LogP contribution in [0.25, 0.3) is 0 Å². The molecular weight excluding hydrogens is 340 g/mol. The van der Waals surface area contributed by atoms with E-state index in [2.05, 4.69) is 5.32 Å². The molecule has 0 saturated carbocycles. The minimum absolute atomic E-state index is 0.0665. The van der Waals surface area contributed by atoms with Crippen LogP contribution >= 0.6 is 0 Å². The zero-order valence-corrected chi connectivity index (χ0v) is 16.3. The fourth-order valence-electron chi connectivity index (χ4n) is 3.01. The normalized spacial score (nSPS) is 16.2. The summed E-state index contributed by atoms with van der Waals surface area (Å²) in [6, 6.07) is 3.25. The number of rotatable bonds is 6. The number of sulfonamides is 1. The quantitative estimate of drug-likeness (QED) is 0.838. The zero-order valence-electron chi connectivity index (χ0n) is 15.5. The van der Waals surface area contributed by atoms with Crippen LogP contribution in [-0.2, 0) is 19.6 Å². The van der Waals surface area contributed by atoms with Gasteiger partial charge >= 0.3 is 0 Å². The van der Waals surface area contributed by atoms with Gasteiger partial charge in [-0.15, -0.1) is 0 Å². The van der Waals surface area contributed by atoms with Gasteiger partial charge in [-0.2, -0.15) is 4.31 Å². The predicted octanol–water partition coefficient (Wildman–Crippen LogP) is 2.70. The Morgan fingerprint density at radius 2 is 1.80 bits per heavy atom. The van der Waals surface area contributed by atoms with E-state index >= 15 is 0 Å². The number of nitrogens with one attached hydrogen (secondary N) is 1. The number of carbonyl (C=O) groups excluding carboxylic acids is 1. The number of amides is 1. The molecule has 1 aromatic carbocycles. The van der Waals surface area contributed by atoms with Crippen LogP contribution in [0, 0.1) is 19.8 Å². The smallest absolute Gasteiger partial charge is 0.243 e. The van der Waals surface area contributed by atoms with E-state index in [9.17, 15) is 13.2 Å². The molecule has 140 valence electrons. The maximum Gasteiger partial charge on any atom is 0.243 e. The van der Waals surface area contributed by atoms with Gasteiger partial charge in [0.25, 0.3) is 0 Å². The van der Waals surface area contributed by atoms with Crippen molar-refractivity contribution in [1.82, 2.24) is 4.31 Å². The van der Waals surface area contributed by atoms with E-state index in [4.69, 9.17) is 4.74 Å². The Morgan fingerprint density at radius 3 is 2.36 bits per heavy atom. The van der Waals surface area contributed by atoms with Gasteiger partial charge in [0.2, 0.25) is 15.9 Å². The van der Waals surface area contributed by atoms with Gasteiger partial charge in [0, 0.05) is 37.9 Å². The maximum atomic E-state index is 12.8. The summed E-state index contributed by atoms with van der Waals surface area (Å²) in [5.74, 6) is -0.153. The molecule has 1 heterocycles. The Labute approximate surface area is 150 Å². The molecule has 1 N–H and O–H groups in total. The van der Waals surface area contributed by atoms with Crippen molar-refractivity contribution in [2.24, 2.45) is 5.92 Å². The minimum atomic E-state index is -3.56. The van der Waals surface area contributed by atoms with Crippen LogP contribution in [0.2, 0.25) is 0 Å². The average molecular weight is 368 g/mol. The van der Waals surface area contributed by atoms with Gasteiger partial charge in [-0.3, -0.25) is 4.79 Å². The molecule has 0 aliphatic carbocycles. The Morgan fingerprint density at radius 1 is 1.20 bits per heavy atom. The summed E-state index contributed by atoms with van der Waals surface area (Å²) < 4.78 is 32.3. The lowest BCUT2D eigenvalue weighted by molar-refractivity contribution is -0.122. The average Bonchev–Trinajstić information content (AvgIpc) is 2.60. The van der Waals surface area contributed by atoms with E-state index in [0.717, 1.165) is 11.1 Å². The molecule has 1 aliphatic heterocycles. The first-order valence-electron chi connectivity index (χ1n) is 8.81. The van der Waals surface area contributed by atoms with Crippen LogP contribution < -0.4 is 5.32 Å². The largest absolute Gasteiger partial charge is 0.381 e. The summed E-state index contributed by atoms with van der Waals surface area (Å²) in [4.78, 5) is 12.7. The number of hydrogen-bond donors (Lipinski definition) is 1. The number of hydrogen-bond acceptors (Lipinski definition) is 4. The van der Waals surface area contributed by atoms with Crippen molar-refractivity contribution in [3.8, 4) is 0 Å². The third-order valence-electron chi connectivity index (χ3n) is 4.83. The van der Waals surface area contributed by atoms with E-state index in [1.165, 1.54) is 4.31 Å². The third kappa shape index (κ3) is 4.40. The van der Waals surface area contributed by atoms with Crippen molar-refractivity contribution >= 4 is 21.6 Å². The van der Waals surface area contributed by atoms with Gasteiger partial charge in [-0.1, -0.05) is 13.8 Å². The summed E-state index contributed by atoms with van der Waals surface area (Å²) in [5.41, 5.74) is 2.30. The standard InChI is InChI=1S/C18H28N2O4S/c1-5-20(6-2)25(22,23)16-11-13(3)14(4)17(12-16)19-18(21)15-7-9-24-10-8-15/h11-12,15H,5-10H2,1-4H3,(H,19,21). The topological polar surface area (TPSA) is 75.7 Å².